The van der Waals surface area contributed by atoms with Gasteiger partial charge in [0.1, 0.15) is 5.75 Å². The van der Waals surface area contributed by atoms with Crippen LogP contribution in [0.4, 0.5) is 0 Å². The van der Waals surface area contributed by atoms with Crippen LogP contribution in [0.5, 0.6) is 5.75 Å². The lowest BCUT2D eigenvalue weighted by atomic mass is 9.65. The SMILES string of the molecule is C=C=Cc1cccc(C(C)(C)C(C)(C)C)c1OC. The maximum atomic E-state index is 5.61. The summed E-state index contributed by atoms with van der Waals surface area (Å²) in [5.41, 5.74) is 5.24. The first-order valence-electron chi connectivity index (χ1n) is 6.29. The Morgan fingerprint density at radius 3 is 2.22 bits per heavy atom. The van der Waals surface area contributed by atoms with E-state index in [1.165, 1.54) is 5.56 Å². The molecule has 1 aromatic rings. The Morgan fingerprint density at radius 1 is 1.17 bits per heavy atom. The Bertz CT molecular complexity index is 469. The van der Waals surface area contributed by atoms with Gasteiger partial charge in [-0.1, -0.05) is 59.4 Å². The minimum absolute atomic E-state index is 0.0172. The quantitative estimate of drug-likeness (QED) is 0.693. The van der Waals surface area contributed by atoms with Crippen molar-refractivity contribution >= 4 is 6.08 Å². The number of hydrogen-bond acceptors (Lipinski definition) is 1. The van der Waals surface area contributed by atoms with Crippen molar-refractivity contribution in [3.8, 4) is 5.75 Å². The summed E-state index contributed by atoms with van der Waals surface area (Å²) in [5, 5.41) is 0. The van der Waals surface area contributed by atoms with Crippen LogP contribution in [0, 0.1) is 5.41 Å². The van der Waals surface area contributed by atoms with Crippen LogP contribution in [0.2, 0.25) is 0 Å². The second-order valence-electron chi connectivity index (χ2n) is 6.15. The van der Waals surface area contributed by atoms with Crippen molar-refractivity contribution in [2.45, 2.75) is 40.0 Å². The van der Waals surface area contributed by atoms with Crippen molar-refractivity contribution in [2.24, 2.45) is 5.41 Å². The molecule has 0 aliphatic heterocycles. The highest BCUT2D eigenvalue weighted by Crippen LogP contribution is 2.45. The number of rotatable bonds is 3. The van der Waals surface area contributed by atoms with Crippen LogP contribution in [0.1, 0.15) is 45.7 Å². The van der Waals surface area contributed by atoms with Crippen LogP contribution in [0.15, 0.2) is 30.5 Å². The molecule has 0 aromatic heterocycles. The van der Waals surface area contributed by atoms with Crippen LogP contribution in [-0.4, -0.2) is 7.11 Å². The highest BCUT2D eigenvalue weighted by molar-refractivity contribution is 5.61. The largest absolute Gasteiger partial charge is 0.496 e. The number of methoxy groups -OCH3 is 1. The van der Waals surface area contributed by atoms with E-state index >= 15 is 0 Å². The molecule has 1 rings (SSSR count). The topological polar surface area (TPSA) is 9.23 Å². The number of benzene rings is 1. The van der Waals surface area contributed by atoms with Crippen molar-refractivity contribution in [3.05, 3.63) is 41.6 Å². The highest BCUT2D eigenvalue weighted by atomic mass is 16.5. The molecule has 0 fully saturated rings. The van der Waals surface area contributed by atoms with E-state index in [9.17, 15) is 0 Å². The molecule has 0 bridgehead atoms. The van der Waals surface area contributed by atoms with E-state index < -0.39 is 0 Å². The summed E-state index contributed by atoms with van der Waals surface area (Å²) in [6, 6.07) is 6.23. The number of hydrogen-bond donors (Lipinski definition) is 0. The fraction of sp³-hybridized carbons (Fsp3) is 0.471. The van der Waals surface area contributed by atoms with E-state index in [0.29, 0.717) is 0 Å². The lowest BCUT2D eigenvalue weighted by Crippen LogP contribution is -2.34. The Labute approximate surface area is 111 Å². The van der Waals surface area contributed by atoms with Gasteiger partial charge in [-0.05, 0) is 16.9 Å². The van der Waals surface area contributed by atoms with E-state index in [1.807, 2.05) is 12.1 Å². The van der Waals surface area contributed by atoms with Crippen LogP contribution >= 0.6 is 0 Å². The average Bonchev–Trinajstić information content (AvgIpc) is 2.27. The van der Waals surface area contributed by atoms with Gasteiger partial charge in [-0.15, -0.1) is 5.73 Å². The zero-order valence-electron chi connectivity index (χ0n) is 12.4. The highest BCUT2D eigenvalue weighted by Gasteiger charge is 2.36. The van der Waals surface area contributed by atoms with E-state index in [1.54, 1.807) is 7.11 Å². The molecule has 1 heteroatoms. The summed E-state index contributed by atoms with van der Waals surface area (Å²) in [6.07, 6.45) is 1.86. The Balaban J connectivity index is 3.51. The first-order chi connectivity index (χ1) is 8.25. The van der Waals surface area contributed by atoms with Gasteiger partial charge in [-0.2, -0.15) is 0 Å². The van der Waals surface area contributed by atoms with E-state index in [2.05, 4.69) is 59.1 Å². The zero-order valence-corrected chi connectivity index (χ0v) is 12.4. The molecule has 0 atom stereocenters. The summed E-state index contributed by atoms with van der Waals surface area (Å²) in [4.78, 5) is 0. The van der Waals surface area contributed by atoms with E-state index in [0.717, 1.165) is 11.3 Å². The van der Waals surface area contributed by atoms with Gasteiger partial charge in [-0.3, -0.25) is 0 Å². The van der Waals surface area contributed by atoms with Gasteiger partial charge in [0.05, 0.1) is 7.11 Å². The lowest BCUT2D eigenvalue weighted by molar-refractivity contribution is 0.218. The van der Waals surface area contributed by atoms with Crippen molar-refractivity contribution in [3.63, 3.8) is 0 Å². The standard InChI is InChI=1S/C17H24O/c1-8-10-13-11-9-12-14(15(13)18-7)17(5,6)16(2,3)4/h9-12H,1H2,2-7H3. The molecule has 0 unspecified atom stereocenters. The fourth-order valence-electron chi connectivity index (χ4n) is 1.90. The molecule has 0 amide bonds. The van der Waals surface area contributed by atoms with Crippen molar-refractivity contribution < 1.29 is 4.74 Å². The molecule has 0 spiro atoms. The Morgan fingerprint density at radius 2 is 1.78 bits per heavy atom. The van der Waals surface area contributed by atoms with Crippen LogP contribution < -0.4 is 4.74 Å². The van der Waals surface area contributed by atoms with Crippen LogP contribution in [0.25, 0.3) is 6.08 Å². The molecule has 0 radical (unpaired) electrons. The zero-order chi connectivity index (χ0) is 14.0. The predicted octanol–water partition coefficient (Wildman–Crippen LogP) is 4.82. The molecule has 0 N–H and O–H groups in total. The van der Waals surface area contributed by atoms with Gasteiger partial charge < -0.3 is 4.74 Å². The Hall–Kier alpha value is -1.46. The summed E-state index contributed by atoms with van der Waals surface area (Å²) < 4.78 is 5.61. The fourth-order valence-corrected chi connectivity index (χ4v) is 1.90. The summed E-state index contributed by atoms with van der Waals surface area (Å²) in [6.45, 7) is 14.9. The molecule has 1 nitrogen and oxygen atoms in total. The van der Waals surface area contributed by atoms with Gasteiger partial charge in [0.15, 0.2) is 0 Å². The van der Waals surface area contributed by atoms with Gasteiger partial charge >= 0.3 is 0 Å². The van der Waals surface area contributed by atoms with Gasteiger partial charge in [0.2, 0.25) is 0 Å². The second-order valence-corrected chi connectivity index (χ2v) is 6.15. The molecule has 18 heavy (non-hydrogen) atoms. The molecule has 0 saturated carbocycles. The van der Waals surface area contributed by atoms with E-state index in [4.69, 9.17) is 4.74 Å². The van der Waals surface area contributed by atoms with E-state index in [-0.39, 0.29) is 10.8 Å². The molecular formula is C17H24O. The summed E-state index contributed by atoms with van der Waals surface area (Å²) >= 11 is 0. The molecule has 0 saturated heterocycles. The third-order valence-electron chi connectivity index (χ3n) is 4.06. The minimum atomic E-state index is 0.0172. The number of ether oxygens (including phenoxy) is 1. The van der Waals surface area contributed by atoms with Crippen molar-refractivity contribution in [1.29, 1.82) is 0 Å². The third-order valence-corrected chi connectivity index (χ3v) is 4.06. The first kappa shape index (κ1) is 14.6. The third kappa shape index (κ3) is 2.52. The van der Waals surface area contributed by atoms with Gasteiger partial charge in [0, 0.05) is 11.1 Å². The smallest absolute Gasteiger partial charge is 0.130 e. The van der Waals surface area contributed by atoms with Crippen molar-refractivity contribution in [1.82, 2.24) is 0 Å². The monoisotopic (exact) mass is 244 g/mol. The normalized spacial score (nSPS) is 11.9. The van der Waals surface area contributed by atoms with Crippen molar-refractivity contribution in [2.75, 3.05) is 7.11 Å². The van der Waals surface area contributed by atoms with Crippen LogP contribution in [-0.2, 0) is 5.41 Å². The molecule has 0 heterocycles. The molecule has 0 aliphatic carbocycles. The summed E-state index contributed by atoms with van der Waals surface area (Å²) in [7, 11) is 1.72. The van der Waals surface area contributed by atoms with Crippen LogP contribution in [0.3, 0.4) is 0 Å². The lowest BCUT2D eigenvalue weighted by Gasteiger charge is -2.40. The Kier molecular flexibility index (Phi) is 4.09. The van der Waals surface area contributed by atoms with Gasteiger partial charge in [-0.25, -0.2) is 0 Å². The molecule has 0 aliphatic rings. The second kappa shape index (κ2) is 5.04. The number of para-hydroxylation sites is 1. The molecule has 98 valence electrons. The maximum absolute atomic E-state index is 5.61. The molecule has 1 aromatic carbocycles. The first-order valence-corrected chi connectivity index (χ1v) is 6.29. The van der Waals surface area contributed by atoms with Gasteiger partial charge in [0.25, 0.3) is 0 Å². The predicted molar refractivity (Wildman–Crippen MR) is 79.1 cm³/mol. The minimum Gasteiger partial charge on any atom is -0.496 e. The maximum Gasteiger partial charge on any atom is 0.130 e. The summed E-state index contributed by atoms with van der Waals surface area (Å²) in [5.74, 6) is 0.925. The average molecular weight is 244 g/mol. The molecular weight excluding hydrogens is 220 g/mol.